The van der Waals surface area contributed by atoms with E-state index in [9.17, 15) is 8.42 Å². The summed E-state index contributed by atoms with van der Waals surface area (Å²) in [5.41, 5.74) is 0.869. The summed E-state index contributed by atoms with van der Waals surface area (Å²) < 4.78 is 37.1. The molecule has 0 bridgehead atoms. The molecule has 22 heavy (non-hydrogen) atoms. The molecular weight excluding hydrogens is 306 g/mol. The van der Waals surface area contributed by atoms with Crippen LogP contribution in [0.1, 0.15) is 23.7 Å². The Morgan fingerprint density at radius 2 is 2.23 bits per heavy atom. The topological polar surface area (TPSA) is 85.5 Å². The number of methoxy groups -OCH3 is 1. The zero-order valence-electron chi connectivity index (χ0n) is 12.4. The molecule has 0 radical (unpaired) electrons. The number of hydrogen-bond acceptors (Lipinski definition) is 6. The second kappa shape index (κ2) is 5.69. The Morgan fingerprint density at radius 1 is 1.41 bits per heavy atom. The van der Waals surface area contributed by atoms with Crippen molar-refractivity contribution in [2.75, 3.05) is 20.2 Å². The van der Waals surface area contributed by atoms with Crippen LogP contribution in [0.25, 0.3) is 0 Å². The minimum Gasteiger partial charge on any atom is -0.495 e. The van der Waals surface area contributed by atoms with Crippen molar-refractivity contribution in [2.45, 2.75) is 24.2 Å². The molecule has 0 spiro atoms. The number of nitrogens with zero attached hydrogens (tertiary/aromatic N) is 3. The van der Waals surface area contributed by atoms with E-state index < -0.39 is 10.0 Å². The lowest BCUT2D eigenvalue weighted by molar-refractivity contribution is 0.396. The van der Waals surface area contributed by atoms with Gasteiger partial charge in [0.1, 0.15) is 10.6 Å². The molecule has 2 heterocycles. The summed E-state index contributed by atoms with van der Waals surface area (Å²) in [5, 5.41) is 3.80. The molecule has 1 atom stereocenters. The highest BCUT2D eigenvalue weighted by molar-refractivity contribution is 7.89. The van der Waals surface area contributed by atoms with E-state index in [1.807, 2.05) is 13.0 Å². The maximum atomic E-state index is 12.9. The second-order valence-electron chi connectivity index (χ2n) is 5.29. The van der Waals surface area contributed by atoms with Crippen molar-refractivity contribution in [1.29, 1.82) is 0 Å². The second-order valence-corrected chi connectivity index (χ2v) is 7.20. The number of hydrogen-bond donors (Lipinski definition) is 0. The van der Waals surface area contributed by atoms with Gasteiger partial charge in [0.2, 0.25) is 16.4 Å². The van der Waals surface area contributed by atoms with Crippen LogP contribution in [0.5, 0.6) is 5.75 Å². The van der Waals surface area contributed by atoms with Gasteiger partial charge in [0.05, 0.1) is 7.11 Å². The fraction of sp³-hybridized carbons (Fsp3) is 0.429. The van der Waals surface area contributed by atoms with Crippen molar-refractivity contribution in [3.63, 3.8) is 0 Å². The third-order valence-corrected chi connectivity index (χ3v) is 5.72. The molecule has 7 nitrogen and oxygen atoms in total. The molecule has 0 aliphatic carbocycles. The lowest BCUT2D eigenvalue weighted by Crippen LogP contribution is -2.29. The molecule has 0 N–H and O–H groups in total. The molecule has 8 heteroatoms. The van der Waals surface area contributed by atoms with Crippen LogP contribution in [0.3, 0.4) is 0 Å². The summed E-state index contributed by atoms with van der Waals surface area (Å²) in [7, 11) is -2.14. The fourth-order valence-corrected chi connectivity index (χ4v) is 4.38. The largest absolute Gasteiger partial charge is 0.495 e. The van der Waals surface area contributed by atoms with Gasteiger partial charge in [-0.15, -0.1) is 0 Å². The predicted octanol–water partition coefficient (Wildman–Crippen LogP) is 1.56. The molecule has 3 rings (SSSR count). The highest BCUT2D eigenvalue weighted by Gasteiger charge is 2.36. The Labute approximate surface area is 128 Å². The summed E-state index contributed by atoms with van der Waals surface area (Å²) in [4.78, 5) is 4.21. The zero-order valence-corrected chi connectivity index (χ0v) is 13.2. The van der Waals surface area contributed by atoms with Crippen LogP contribution in [0.2, 0.25) is 0 Å². The predicted molar refractivity (Wildman–Crippen MR) is 78.1 cm³/mol. The lowest BCUT2D eigenvalue weighted by atomic mass is 10.1. The van der Waals surface area contributed by atoms with Gasteiger partial charge in [-0.1, -0.05) is 11.2 Å². The summed E-state index contributed by atoms with van der Waals surface area (Å²) >= 11 is 0. The van der Waals surface area contributed by atoms with Crippen molar-refractivity contribution in [3.05, 3.63) is 36.0 Å². The minimum atomic E-state index is -3.61. The first-order chi connectivity index (χ1) is 10.5. The molecule has 2 aromatic rings. The van der Waals surface area contributed by atoms with Gasteiger partial charge < -0.3 is 9.26 Å². The van der Waals surface area contributed by atoms with Crippen LogP contribution < -0.4 is 4.74 Å². The van der Waals surface area contributed by atoms with Gasteiger partial charge >= 0.3 is 0 Å². The van der Waals surface area contributed by atoms with Gasteiger partial charge in [-0.2, -0.15) is 9.29 Å². The molecular formula is C14H17N3O4S. The number of ether oxygens (including phenoxy) is 1. The summed E-state index contributed by atoms with van der Waals surface area (Å²) in [5.74, 6) is 0.867. The van der Waals surface area contributed by atoms with Crippen molar-refractivity contribution < 1.29 is 17.7 Å². The van der Waals surface area contributed by atoms with Crippen LogP contribution in [0, 0.1) is 6.92 Å². The highest BCUT2D eigenvalue weighted by atomic mass is 32.2. The maximum absolute atomic E-state index is 12.9. The van der Waals surface area contributed by atoms with Crippen molar-refractivity contribution in [1.82, 2.24) is 14.4 Å². The van der Waals surface area contributed by atoms with Crippen LogP contribution in [-0.4, -0.2) is 43.1 Å². The quantitative estimate of drug-likeness (QED) is 0.849. The third kappa shape index (κ3) is 2.59. The fourth-order valence-electron chi connectivity index (χ4n) is 2.64. The number of benzene rings is 1. The average molecular weight is 323 g/mol. The van der Waals surface area contributed by atoms with Crippen LogP contribution in [0.4, 0.5) is 0 Å². The van der Waals surface area contributed by atoms with E-state index in [1.165, 1.54) is 17.8 Å². The van der Waals surface area contributed by atoms with Crippen LogP contribution in [-0.2, 0) is 10.0 Å². The molecule has 1 fully saturated rings. The number of sulfonamides is 1. The van der Waals surface area contributed by atoms with Gasteiger partial charge in [-0.3, -0.25) is 0 Å². The van der Waals surface area contributed by atoms with Crippen LogP contribution >= 0.6 is 0 Å². The minimum absolute atomic E-state index is 0.0377. The average Bonchev–Trinajstić information content (AvgIpc) is 3.18. The van der Waals surface area contributed by atoms with Gasteiger partial charge in [0.15, 0.2) is 5.82 Å². The Kier molecular flexibility index (Phi) is 3.88. The van der Waals surface area contributed by atoms with E-state index in [1.54, 1.807) is 12.1 Å². The number of aryl methyl sites for hydroxylation is 1. The molecule has 0 amide bonds. The molecule has 1 saturated heterocycles. The van der Waals surface area contributed by atoms with Gasteiger partial charge in [0.25, 0.3) is 0 Å². The Morgan fingerprint density at radius 3 is 2.91 bits per heavy atom. The molecule has 0 saturated carbocycles. The molecule has 118 valence electrons. The van der Waals surface area contributed by atoms with E-state index in [4.69, 9.17) is 9.26 Å². The standard InChI is InChI=1S/C14H17N3O4S/c1-10-3-4-12(20-2)13(7-10)22(18,19)17-6-5-11(8-17)14-15-9-21-16-14/h3-4,7,9,11H,5-6,8H2,1-2H3/t11-/m1/s1. The highest BCUT2D eigenvalue weighted by Crippen LogP contribution is 2.33. The lowest BCUT2D eigenvalue weighted by Gasteiger charge is -2.18. The first-order valence-electron chi connectivity index (χ1n) is 6.93. The van der Waals surface area contributed by atoms with Gasteiger partial charge in [-0.25, -0.2) is 8.42 Å². The van der Waals surface area contributed by atoms with E-state index in [0.29, 0.717) is 31.1 Å². The zero-order chi connectivity index (χ0) is 15.7. The van der Waals surface area contributed by atoms with E-state index in [-0.39, 0.29) is 10.8 Å². The van der Waals surface area contributed by atoms with Crippen molar-refractivity contribution >= 4 is 10.0 Å². The first-order valence-corrected chi connectivity index (χ1v) is 8.37. The summed E-state index contributed by atoms with van der Waals surface area (Å²) in [6.07, 6.45) is 1.93. The smallest absolute Gasteiger partial charge is 0.246 e. The van der Waals surface area contributed by atoms with Gasteiger partial charge in [0, 0.05) is 19.0 Å². The Balaban J connectivity index is 1.90. The van der Waals surface area contributed by atoms with Crippen LogP contribution in [0.15, 0.2) is 34.0 Å². The number of aromatic nitrogens is 2. The summed E-state index contributed by atoms with van der Waals surface area (Å²) in [6.45, 7) is 2.63. The van der Waals surface area contributed by atoms with E-state index >= 15 is 0 Å². The molecule has 1 aliphatic heterocycles. The monoisotopic (exact) mass is 323 g/mol. The molecule has 1 aromatic heterocycles. The Bertz CT molecular complexity index is 758. The first kappa shape index (κ1) is 15.0. The third-order valence-electron chi connectivity index (χ3n) is 3.83. The summed E-state index contributed by atoms with van der Waals surface area (Å²) in [6, 6.07) is 5.13. The van der Waals surface area contributed by atoms with E-state index in [0.717, 1.165) is 5.56 Å². The van der Waals surface area contributed by atoms with Crippen molar-refractivity contribution in [3.8, 4) is 5.75 Å². The number of rotatable bonds is 4. The van der Waals surface area contributed by atoms with Gasteiger partial charge in [-0.05, 0) is 31.0 Å². The van der Waals surface area contributed by atoms with E-state index in [2.05, 4.69) is 10.1 Å². The SMILES string of the molecule is COc1ccc(C)cc1S(=O)(=O)N1CC[C@@H](c2ncon2)C1. The van der Waals surface area contributed by atoms with Crippen molar-refractivity contribution in [2.24, 2.45) is 0 Å². The molecule has 1 aliphatic rings. The maximum Gasteiger partial charge on any atom is 0.246 e. The molecule has 1 aromatic carbocycles. The Hall–Kier alpha value is -1.93. The molecule has 0 unspecified atom stereocenters. The normalized spacial score (nSPS) is 19.5.